The van der Waals surface area contributed by atoms with E-state index in [1.54, 1.807) is 0 Å². The Balaban J connectivity index is 1.22. The molecule has 0 bridgehead atoms. The first-order valence-electron chi connectivity index (χ1n) is 24.8. The lowest BCUT2D eigenvalue weighted by molar-refractivity contribution is 0.502. The van der Waals surface area contributed by atoms with E-state index < -0.39 is 5.41 Å². The highest BCUT2D eigenvalue weighted by Crippen LogP contribution is 2.53. The first kappa shape index (κ1) is 44.3. The Labute approximate surface area is 414 Å². The summed E-state index contributed by atoms with van der Waals surface area (Å²) in [4.78, 5) is 0. The van der Waals surface area contributed by atoms with Crippen LogP contribution < -0.4 is 10.6 Å². The van der Waals surface area contributed by atoms with Gasteiger partial charge in [0.2, 0.25) is 0 Å². The maximum Gasteiger partial charge on any atom is 0.0690 e. The summed E-state index contributed by atoms with van der Waals surface area (Å²) < 4.78 is 0. The van der Waals surface area contributed by atoms with E-state index in [9.17, 15) is 0 Å². The highest BCUT2D eigenvalue weighted by Gasteiger charge is 2.49. The molecule has 0 saturated carbocycles. The second-order valence-corrected chi connectivity index (χ2v) is 19.0. The first-order chi connectivity index (χ1) is 34.6. The van der Waals surface area contributed by atoms with Crippen LogP contribution >= 0.6 is 0 Å². The fourth-order valence-corrected chi connectivity index (χ4v) is 11.7. The van der Waals surface area contributed by atoms with Gasteiger partial charge in [-0.1, -0.05) is 278 Å². The van der Waals surface area contributed by atoms with Gasteiger partial charge in [0.05, 0.1) is 11.5 Å². The highest BCUT2D eigenvalue weighted by molar-refractivity contribution is 5.76. The zero-order chi connectivity index (χ0) is 47.3. The number of rotatable bonds is 13. The van der Waals surface area contributed by atoms with Crippen LogP contribution in [-0.4, -0.2) is 12.6 Å². The quantitative estimate of drug-likeness (QED) is 0.113. The van der Waals surface area contributed by atoms with Crippen LogP contribution in [0.4, 0.5) is 11.4 Å². The van der Waals surface area contributed by atoms with Crippen LogP contribution in [0.5, 0.6) is 0 Å². The van der Waals surface area contributed by atoms with E-state index in [1.165, 1.54) is 83.6 Å². The van der Waals surface area contributed by atoms with Crippen molar-refractivity contribution in [2.45, 2.75) is 43.1 Å². The van der Waals surface area contributed by atoms with Crippen LogP contribution in [0.2, 0.25) is 0 Å². The zero-order valence-corrected chi connectivity index (χ0v) is 39.9. The molecule has 1 atom stereocenters. The average Bonchev–Trinajstić information content (AvgIpc) is 3.42. The van der Waals surface area contributed by atoms with E-state index in [2.05, 4.69) is 291 Å². The van der Waals surface area contributed by atoms with Crippen molar-refractivity contribution in [2.24, 2.45) is 0 Å². The Morgan fingerprint density at radius 3 is 1.00 bits per heavy atom. The zero-order valence-electron chi connectivity index (χ0n) is 39.9. The minimum absolute atomic E-state index is 0.00242. The van der Waals surface area contributed by atoms with Gasteiger partial charge in [-0.15, -0.1) is 0 Å². The molecular formula is C68H58N2. The van der Waals surface area contributed by atoms with Crippen molar-refractivity contribution >= 4 is 11.4 Å². The lowest BCUT2D eigenvalue weighted by Gasteiger charge is -2.49. The summed E-state index contributed by atoms with van der Waals surface area (Å²) in [7, 11) is 0. The fourth-order valence-electron chi connectivity index (χ4n) is 11.7. The van der Waals surface area contributed by atoms with Gasteiger partial charge >= 0.3 is 0 Å². The summed E-state index contributed by atoms with van der Waals surface area (Å²) in [5.41, 5.74) is 19.2. The van der Waals surface area contributed by atoms with Crippen LogP contribution in [0.1, 0.15) is 95.6 Å². The third-order valence-electron chi connectivity index (χ3n) is 14.6. The Morgan fingerprint density at radius 1 is 0.371 bits per heavy atom. The predicted molar refractivity (Wildman–Crippen MR) is 293 cm³/mol. The summed E-state index contributed by atoms with van der Waals surface area (Å²) in [6.45, 7) is 5.20. The van der Waals surface area contributed by atoms with Crippen molar-refractivity contribution in [1.82, 2.24) is 0 Å². The summed E-state index contributed by atoms with van der Waals surface area (Å²) in [5.74, 6) is -0.120. The van der Waals surface area contributed by atoms with Gasteiger partial charge in [0.25, 0.3) is 0 Å². The molecule has 340 valence electrons. The number of hydrogen-bond acceptors (Lipinski definition) is 2. The van der Waals surface area contributed by atoms with Gasteiger partial charge in [0.1, 0.15) is 0 Å². The molecule has 2 heteroatoms. The maximum atomic E-state index is 4.58. The van der Waals surface area contributed by atoms with Crippen LogP contribution in [0.15, 0.2) is 267 Å². The van der Waals surface area contributed by atoms with E-state index >= 15 is 0 Å². The molecule has 0 spiro atoms. The molecule has 0 saturated heterocycles. The predicted octanol–water partition coefficient (Wildman–Crippen LogP) is 16.1. The molecule has 2 N–H and O–H groups in total. The van der Waals surface area contributed by atoms with E-state index in [0.717, 1.165) is 5.69 Å². The number of benzene rings is 10. The number of fused-ring (bicyclic) bond motifs is 1. The van der Waals surface area contributed by atoms with E-state index in [1.807, 2.05) is 0 Å². The van der Waals surface area contributed by atoms with Crippen LogP contribution in [0.3, 0.4) is 0 Å². The Bertz CT molecular complexity index is 3020. The van der Waals surface area contributed by atoms with Crippen molar-refractivity contribution in [1.29, 1.82) is 0 Å². The molecule has 1 aliphatic heterocycles. The minimum Gasteiger partial charge on any atom is -0.382 e. The van der Waals surface area contributed by atoms with Crippen molar-refractivity contribution in [3.8, 4) is 0 Å². The fraction of sp³-hybridized carbons (Fsp3) is 0.118. The van der Waals surface area contributed by atoms with Crippen molar-refractivity contribution in [3.05, 3.63) is 345 Å². The Morgan fingerprint density at radius 2 is 0.657 bits per heavy atom. The second-order valence-electron chi connectivity index (χ2n) is 19.0. The Kier molecular flexibility index (Phi) is 12.5. The number of hydrogen-bond donors (Lipinski definition) is 2. The molecule has 0 unspecified atom stereocenters. The van der Waals surface area contributed by atoms with Crippen molar-refractivity contribution < 1.29 is 0 Å². The van der Waals surface area contributed by atoms with Gasteiger partial charge in [-0.05, 0) is 80.6 Å². The normalized spacial score (nSPS) is 14.0. The van der Waals surface area contributed by atoms with Crippen molar-refractivity contribution in [2.75, 3.05) is 17.2 Å². The van der Waals surface area contributed by atoms with Gasteiger partial charge in [0, 0.05) is 35.7 Å². The van der Waals surface area contributed by atoms with Gasteiger partial charge in [-0.2, -0.15) is 0 Å². The smallest absolute Gasteiger partial charge is 0.0690 e. The van der Waals surface area contributed by atoms with Crippen LogP contribution in [0, 0.1) is 13.8 Å². The number of aryl methyl sites for hydroxylation is 2. The summed E-state index contributed by atoms with van der Waals surface area (Å²) in [6, 6.07) is 98.7. The minimum atomic E-state index is -0.662. The van der Waals surface area contributed by atoms with Gasteiger partial charge in [-0.25, -0.2) is 0 Å². The number of nitrogens with one attached hydrogen (secondary N) is 2. The third-order valence-corrected chi connectivity index (χ3v) is 14.6. The summed E-state index contributed by atoms with van der Waals surface area (Å²) >= 11 is 0. The lowest BCUT2D eigenvalue weighted by Crippen LogP contribution is -2.53. The van der Waals surface area contributed by atoms with Crippen LogP contribution in [-0.2, 0) is 5.41 Å². The lowest BCUT2D eigenvalue weighted by atomic mass is 9.61. The molecule has 10 aromatic carbocycles. The number of anilines is 2. The topological polar surface area (TPSA) is 24.1 Å². The van der Waals surface area contributed by atoms with E-state index in [0.29, 0.717) is 6.54 Å². The molecule has 1 heterocycles. The molecule has 2 nitrogen and oxygen atoms in total. The van der Waals surface area contributed by atoms with Crippen molar-refractivity contribution in [3.63, 3.8) is 0 Å². The summed E-state index contributed by atoms with van der Waals surface area (Å²) in [5, 5.41) is 8.80. The molecule has 1 aliphatic rings. The largest absolute Gasteiger partial charge is 0.382 e. The molecule has 10 aromatic rings. The third kappa shape index (κ3) is 8.41. The van der Waals surface area contributed by atoms with Gasteiger partial charge in [0.15, 0.2) is 0 Å². The molecule has 0 aliphatic carbocycles. The molecule has 0 aromatic heterocycles. The molecule has 70 heavy (non-hydrogen) atoms. The maximum absolute atomic E-state index is 4.58. The monoisotopic (exact) mass is 902 g/mol. The second kappa shape index (κ2) is 19.8. The van der Waals surface area contributed by atoms with Gasteiger partial charge < -0.3 is 10.6 Å². The SMILES string of the molecule is Cc1cc(C(c2ccccc2)c2ccccc2)c(N[C@H]2CNc3c(C(c4ccccc4)c4ccccc4)cc(C)cc3C2(c2ccccc2)c2ccccc2)c(C(c2ccccc2)c2ccccc2)c1. The standard InChI is InChI=1S/C68H58N2/c1-48-43-58(63(50-27-11-3-12-28-50)51-29-13-4-14-30-51)66(59(44-48)64(52-31-15-5-16-32-52)53-33-17-6-18-34-53)70-62-47-69-67-60(65(54-35-19-7-20-36-54)55-37-21-8-22-38-55)45-49(2)46-61(67)68(62,56-39-23-9-24-40-56)57-41-25-10-26-42-57/h3-46,62-65,69-70H,47H2,1-2H3/t62-/m0/s1. The summed E-state index contributed by atoms with van der Waals surface area (Å²) in [6.07, 6.45) is 0. The van der Waals surface area contributed by atoms with Gasteiger partial charge in [-0.3, -0.25) is 0 Å². The molecule has 0 radical (unpaired) electrons. The van der Waals surface area contributed by atoms with E-state index in [-0.39, 0.29) is 23.8 Å². The highest BCUT2D eigenvalue weighted by atomic mass is 15.0. The average molecular weight is 903 g/mol. The van der Waals surface area contributed by atoms with Crippen LogP contribution in [0.25, 0.3) is 0 Å². The molecule has 0 amide bonds. The Hall–Kier alpha value is -8.20. The van der Waals surface area contributed by atoms with E-state index in [4.69, 9.17) is 0 Å². The first-order valence-corrected chi connectivity index (χ1v) is 24.8. The molecular weight excluding hydrogens is 845 g/mol. The molecule has 0 fully saturated rings. The molecule has 11 rings (SSSR count).